The van der Waals surface area contributed by atoms with Crippen LogP contribution in [0.3, 0.4) is 0 Å². The molecule has 3 heteroatoms. The lowest BCUT2D eigenvalue weighted by molar-refractivity contribution is -0.114. The molecule has 0 aromatic carbocycles. The zero-order valence-electron chi connectivity index (χ0n) is 7.84. The van der Waals surface area contributed by atoms with E-state index in [0.29, 0.717) is 5.92 Å². The molecular weight excluding hydrogens is 164 g/mol. The monoisotopic (exact) mass is 178 g/mol. The second-order valence-corrected chi connectivity index (χ2v) is 3.66. The number of nitriles is 1. The van der Waals surface area contributed by atoms with Crippen LogP contribution in [0.4, 0.5) is 0 Å². The van der Waals surface area contributed by atoms with Gasteiger partial charge in [0, 0.05) is 0 Å². The highest BCUT2D eigenvalue weighted by atomic mass is 16.1. The topological polar surface area (TPSA) is 66.9 Å². The van der Waals surface area contributed by atoms with Gasteiger partial charge in [-0.25, -0.2) is 0 Å². The van der Waals surface area contributed by atoms with Crippen LogP contribution in [0, 0.1) is 17.2 Å². The van der Waals surface area contributed by atoms with Crippen LogP contribution < -0.4 is 5.73 Å². The first kappa shape index (κ1) is 9.79. The highest BCUT2D eigenvalue weighted by Crippen LogP contribution is 2.29. The lowest BCUT2D eigenvalue weighted by Gasteiger charge is -2.20. The first-order chi connectivity index (χ1) is 6.15. The summed E-state index contributed by atoms with van der Waals surface area (Å²) in [6.07, 6.45) is 3.96. The van der Waals surface area contributed by atoms with Gasteiger partial charge in [-0.05, 0) is 30.8 Å². The van der Waals surface area contributed by atoms with E-state index in [1.54, 1.807) is 0 Å². The molecule has 1 atom stereocenters. The van der Waals surface area contributed by atoms with Crippen LogP contribution in [0.15, 0.2) is 11.1 Å². The molecule has 0 saturated heterocycles. The molecular formula is C10H14N2O. The van der Waals surface area contributed by atoms with E-state index in [1.807, 2.05) is 6.07 Å². The molecule has 0 heterocycles. The van der Waals surface area contributed by atoms with Crippen molar-refractivity contribution in [3.63, 3.8) is 0 Å². The average molecular weight is 178 g/mol. The summed E-state index contributed by atoms with van der Waals surface area (Å²) in [6, 6.07) is 1.90. The number of primary amides is 1. The molecule has 0 aromatic heterocycles. The first-order valence-electron chi connectivity index (χ1n) is 4.57. The van der Waals surface area contributed by atoms with Crippen LogP contribution >= 0.6 is 0 Å². The largest absolute Gasteiger partial charge is 0.365 e. The van der Waals surface area contributed by atoms with Gasteiger partial charge in [0.25, 0.3) is 5.91 Å². The Morgan fingerprint density at radius 2 is 2.38 bits per heavy atom. The second-order valence-electron chi connectivity index (χ2n) is 3.66. The van der Waals surface area contributed by atoms with E-state index < -0.39 is 5.91 Å². The third-order valence-electron chi connectivity index (χ3n) is 2.48. The molecule has 1 aliphatic rings. The van der Waals surface area contributed by atoms with Crippen LogP contribution in [0.25, 0.3) is 0 Å². The van der Waals surface area contributed by atoms with Crippen molar-refractivity contribution in [2.45, 2.75) is 32.6 Å². The zero-order chi connectivity index (χ0) is 9.84. The predicted octanol–water partition coefficient (Wildman–Crippen LogP) is 1.50. The number of hydrogen-bond donors (Lipinski definition) is 1. The molecule has 1 amide bonds. The lowest BCUT2D eigenvalue weighted by atomic mass is 9.84. The van der Waals surface area contributed by atoms with E-state index in [-0.39, 0.29) is 5.57 Å². The minimum absolute atomic E-state index is 0.187. The summed E-state index contributed by atoms with van der Waals surface area (Å²) in [5.41, 5.74) is 6.24. The number of hydrogen-bond acceptors (Lipinski definition) is 2. The van der Waals surface area contributed by atoms with Gasteiger partial charge in [-0.15, -0.1) is 0 Å². The summed E-state index contributed by atoms with van der Waals surface area (Å²) in [5, 5.41) is 8.73. The molecule has 1 rings (SSSR count). The van der Waals surface area contributed by atoms with Gasteiger partial charge in [-0.1, -0.05) is 13.3 Å². The van der Waals surface area contributed by atoms with Crippen LogP contribution in [-0.4, -0.2) is 5.91 Å². The van der Waals surface area contributed by atoms with Gasteiger partial charge in [0.2, 0.25) is 0 Å². The van der Waals surface area contributed by atoms with Crippen molar-refractivity contribution < 1.29 is 4.79 Å². The van der Waals surface area contributed by atoms with Crippen molar-refractivity contribution in [1.29, 1.82) is 5.26 Å². The molecule has 0 aliphatic heterocycles. The molecule has 2 N–H and O–H groups in total. The van der Waals surface area contributed by atoms with Gasteiger partial charge < -0.3 is 5.73 Å². The molecule has 0 radical (unpaired) electrons. The zero-order valence-corrected chi connectivity index (χ0v) is 7.84. The van der Waals surface area contributed by atoms with E-state index in [4.69, 9.17) is 11.0 Å². The Kier molecular flexibility index (Phi) is 3.07. The minimum Gasteiger partial charge on any atom is -0.365 e. The van der Waals surface area contributed by atoms with Crippen molar-refractivity contribution in [3.8, 4) is 6.07 Å². The maximum atomic E-state index is 10.9. The van der Waals surface area contributed by atoms with Crippen LogP contribution in [-0.2, 0) is 4.79 Å². The number of carbonyl (C=O) groups is 1. The molecule has 13 heavy (non-hydrogen) atoms. The fourth-order valence-electron chi connectivity index (χ4n) is 1.82. The summed E-state index contributed by atoms with van der Waals surface area (Å²) in [5.74, 6) is -0.00181. The van der Waals surface area contributed by atoms with E-state index in [0.717, 1.165) is 24.8 Å². The molecule has 0 aromatic rings. The summed E-state index contributed by atoms with van der Waals surface area (Å²) in [6.45, 7) is 2.13. The van der Waals surface area contributed by atoms with E-state index in [1.165, 1.54) is 6.42 Å². The van der Waals surface area contributed by atoms with Gasteiger partial charge >= 0.3 is 0 Å². The normalized spacial score (nSPS) is 26.3. The third kappa shape index (κ3) is 2.32. The maximum absolute atomic E-state index is 10.9. The Labute approximate surface area is 78.2 Å². The maximum Gasteiger partial charge on any atom is 0.259 e. The van der Waals surface area contributed by atoms with Gasteiger partial charge in [0.1, 0.15) is 11.6 Å². The van der Waals surface area contributed by atoms with Crippen molar-refractivity contribution in [2.24, 2.45) is 11.7 Å². The highest BCUT2D eigenvalue weighted by molar-refractivity contribution is 5.96. The number of nitrogens with zero attached hydrogens (tertiary/aromatic N) is 1. The molecule has 70 valence electrons. The van der Waals surface area contributed by atoms with Crippen molar-refractivity contribution in [1.82, 2.24) is 0 Å². The Morgan fingerprint density at radius 3 is 2.85 bits per heavy atom. The quantitative estimate of drug-likeness (QED) is 0.488. The van der Waals surface area contributed by atoms with Crippen molar-refractivity contribution in [2.75, 3.05) is 0 Å². The number of nitrogens with two attached hydrogens (primary N) is 1. The molecule has 1 saturated carbocycles. The van der Waals surface area contributed by atoms with Crippen LogP contribution in [0.5, 0.6) is 0 Å². The third-order valence-corrected chi connectivity index (χ3v) is 2.48. The van der Waals surface area contributed by atoms with Gasteiger partial charge in [-0.2, -0.15) is 5.26 Å². The van der Waals surface area contributed by atoms with Crippen molar-refractivity contribution in [3.05, 3.63) is 11.1 Å². The Bertz CT molecular complexity index is 286. The Hall–Kier alpha value is -1.30. The molecule has 0 bridgehead atoms. The first-order valence-corrected chi connectivity index (χ1v) is 4.57. The summed E-state index contributed by atoms with van der Waals surface area (Å²) < 4.78 is 0. The Morgan fingerprint density at radius 1 is 1.69 bits per heavy atom. The smallest absolute Gasteiger partial charge is 0.259 e. The molecule has 0 spiro atoms. The van der Waals surface area contributed by atoms with Crippen molar-refractivity contribution >= 4 is 5.91 Å². The molecule has 3 nitrogen and oxygen atoms in total. The van der Waals surface area contributed by atoms with E-state index >= 15 is 0 Å². The fourth-order valence-corrected chi connectivity index (χ4v) is 1.82. The number of rotatable bonds is 1. The SMILES string of the molecule is CC1CCCC(=C(C#N)C(N)=O)C1. The summed E-state index contributed by atoms with van der Waals surface area (Å²) in [7, 11) is 0. The Balaban J connectivity index is 2.88. The van der Waals surface area contributed by atoms with E-state index in [2.05, 4.69) is 6.92 Å². The number of amides is 1. The molecule has 1 unspecified atom stereocenters. The van der Waals surface area contributed by atoms with Gasteiger partial charge in [-0.3, -0.25) is 4.79 Å². The minimum atomic E-state index is -0.577. The summed E-state index contributed by atoms with van der Waals surface area (Å²) >= 11 is 0. The molecule has 1 fully saturated rings. The van der Waals surface area contributed by atoms with Gasteiger partial charge in [0.05, 0.1) is 0 Å². The lowest BCUT2D eigenvalue weighted by Crippen LogP contribution is -2.17. The number of allylic oxidation sites excluding steroid dienone is 1. The molecule has 1 aliphatic carbocycles. The average Bonchev–Trinajstić information content (AvgIpc) is 2.04. The predicted molar refractivity (Wildman–Crippen MR) is 49.5 cm³/mol. The second kappa shape index (κ2) is 4.08. The van der Waals surface area contributed by atoms with Gasteiger partial charge in [0.15, 0.2) is 0 Å². The number of carbonyl (C=O) groups excluding carboxylic acids is 1. The summed E-state index contributed by atoms with van der Waals surface area (Å²) in [4.78, 5) is 10.9. The standard InChI is InChI=1S/C10H14N2O/c1-7-3-2-4-8(5-7)9(6-11)10(12)13/h7H,2-5H2,1H3,(H2,12,13). The highest BCUT2D eigenvalue weighted by Gasteiger charge is 2.18. The van der Waals surface area contributed by atoms with Crippen LogP contribution in [0.1, 0.15) is 32.6 Å². The van der Waals surface area contributed by atoms with E-state index in [9.17, 15) is 4.79 Å². The van der Waals surface area contributed by atoms with Crippen LogP contribution in [0.2, 0.25) is 0 Å². The fraction of sp³-hybridized carbons (Fsp3) is 0.600.